The van der Waals surface area contributed by atoms with Crippen molar-refractivity contribution in [2.24, 2.45) is 11.3 Å². The van der Waals surface area contributed by atoms with E-state index in [0.29, 0.717) is 45.6 Å². The molecule has 1 aromatic carbocycles. The van der Waals surface area contributed by atoms with Crippen LogP contribution >= 0.6 is 0 Å². The van der Waals surface area contributed by atoms with Crippen LogP contribution < -0.4 is 21.3 Å². The van der Waals surface area contributed by atoms with Crippen molar-refractivity contribution in [2.45, 2.75) is 98.0 Å². The molecule has 0 radical (unpaired) electrons. The van der Waals surface area contributed by atoms with Crippen LogP contribution in [-0.2, 0) is 30.5 Å². The minimum atomic E-state index is -1.46. The minimum Gasteiger partial charge on any atom is -0.381 e. The predicted octanol–water partition coefficient (Wildman–Crippen LogP) is 1.73. The molecule has 1 saturated heterocycles. The highest BCUT2D eigenvalue weighted by Crippen LogP contribution is 2.20. The summed E-state index contributed by atoms with van der Waals surface area (Å²) in [7, 11) is 0. The van der Waals surface area contributed by atoms with Gasteiger partial charge in [-0.2, -0.15) is 0 Å². The van der Waals surface area contributed by atoms with Crippen molar-refractivity contribution in [3.8, 4) is 0 Å². The Balaban J connectivity index is 2.11. The number of aliphatic hydroxyl groups is 1. The molecule has 4 atom stereocenters. The summed E-state index contributed by atoms with van der Waals surface area (Å²) in [5, 5.41) is 22.2. The van der Waals surface area contributed by atoms with Gasteiger partial charge in [-0.05, 0) is 29.7 Å². The number of unbranched alkanes of at least 4 members (excludes halogenated alkanes) is 1. The Morgan fingerprint density at radius 3 is 2.19 bits per heavy atom. The molecule has 43 heavy (non-hydrogen) atoms. The second-order valence-electron chi connectivity index (χ2n) is 12.9. The van der Waals surface area contributed by atoms with Crippen LogP contribution in [0.25, 0.3) is 0 Å². The van der Waals surface area contributed by atoms with E-state index in [0.717, 1.165) is 12.0 Å². The minimum absolute atomic E-state index is 0.0632. The van der Waals surface area contributed by atoms with Crippen LogP contribution in [0.15, 0.2) is 30.3 Å². The molecule has 1 unspecified atom stereocenters. The van der Waals surface area contributed by atoms with Crippen LogP contribution in [0, 0.1) is 11.3 Å². The third-order valence-electron chi connectivity index (χ3n) is 7.40. The van der Waals surface area contributed by atoms with Crippen molar-refractivity contribution in [3.63, 3.8) is 0 Å². The molecule has 2 rings (SSSR count). The first-order valence-corrected chi connectivity index (χ1v) is 15.5. The summed E-state index contributed by atoms with van der Waals surface area (Å²) in [6.45, 7) is 14.3. The molecule has 0 spiro atoms. The Morgan fingerprint density at radius 2 is 1.60 bits per heavy atom. The number of benzene rings is 1. The molecule has 1 aliphatic rings. The van der Waals surface area contributed by atoms with Crippen LogP contribution in [0.2, 0.25) is 0 Å². The van der Waals surface area contributed by atoms with Gasteiger partial charge in [-0.25, -0.2) is 0 Å². The molecule has 0 aromatic heterocycles. The number of hydrogen-bond donors (Lipinski definition) is 5. The molecule has 0 saturated carbocycles. The van der Waals surface area contributed by atoms with Gasteiger partial charge in [0.1, 0.15) is 12.1 Å². The summed E-state index contributed by atoms with van der Waals surface area (Å²) in [4.78, 5) is 54.9. The Kier molecular flexibility index (Phi) is 15.1. The van der Waals surface area contributed by atoms with Gasteiger partial charge in [0.15, 0.2) is 6.10 Å². The largest absolute Gasteiger partial charge is 0.381 e. The lowest BCUT2D eigenvalue weighted by Gasteiger charge is -2.33. The molecule has 0 aliphatic carbocycles. The van der Waals surface area contributed by atoms with Gasteiger partial charge >= 0.3 is 0 Å². The Hall–Kier alpha value is -3.02. The van der Waals surface area contributed by atoms with Crippen molar-refractivity contribution in [1.29, 1.82) is 0 Å². The number of hydrogen-bond acceptors (Lipinski definition) is 7. The van der Waals surface area contributed by atoms with Gasteiger partial charge in [-0.15, -0.1) is 0 Å². The molecule has 1 heterocycles. The SMILES string of the molecule is CCCCC(NC(=O)[C@H](CC(C)C)NC(=O)[C@@H](NC(=O)CN1CCOCC1)C(C)(C)C)[C@H](O)C(=O)NCc1ccccc1. The average Bonchev–Trinajstić information content (AvgIpc) is 2.96. The maximum absolute atomic E-state index is 13.6. The molecule has 1 fully saturated rings. The zero-order valence-electron chi connectivity index (χ0n) is 26.8. The van der Waals surface area contributed by atoms with E-state index in [9.17, 15) is 24.3 Å². The summed E-state index contributed by atoms with van der Waals surface area (Å²) in [5.74, 6) is -1.73. The first-order chi connectivity index (χ1) is 20.3. The lowest BCUT2D eigenvalue weighted by Crippen LogP contribution is -2.60. The van der Waals surface area contributed by atoms with Crippen LogP contribution in [0.4, 0.5) is 0 Å². The van der Waals surface area contributed by atoms with Crippen molar-refractivity contribution in [2.75, 3.05) is 32.8 Å². The summed E-state index contributed by atoms with van der Waals surface area (Å²) in [5.41, 5.74) is 0.266. The number of aliphatic hydroxyl groups excluding tert-OH is 1. The Morgan fingerprint density at radius 1 is 0.953 bits per heavy atom. The molecule has 1 aromatic rings. The maximum Gasteiger partial charge on any atom is 0.251 e. The quantitative estimate of drug-likeness (QED) is 0.193. The van der Waals surface area contributed by atoms with Crippen LogP contribution in [-0.4, -0.2) is 90.7 Å². The monoisotopic (exact) mass is 603 g/mol. The zero-order valence-corrected chi connectivity index (χ0v) is 26.8. The highest BCUT2D eigenvalue weighted by Gasteiger charge is 2.36. The maximum atomic E-state index is 13.6. The van der Waals surface area contributed by atoms with Crippen molar-refractivity contribution in [1.82, 2.24) is 26.2 Å². The number of nitrogens with one attached hydrogen (secondary N) is 4. The third kappa shape index (κ3) is 13.0. The molecule has 5 N–H and O–H groups in total. The van der Waals surface area contributed by atoms with Gasteiger partial charge in [-0.3, -0.25) is 24.1 Å². The summed E-state index contributed by atoms with van der Waals surface area (Å²) in [6, 6.07) is 6.73. The average molecular weight is 604 g/mol. The molecule has 242 valence electrons. The van der Waals surface area contributed by atoms with Gasteiger partial charge in [0.25, 0.3) is 5.91 Å². The lowest BCUT2D eigenvalue weighted by molar-refractivity contribution is -0.136. The predicted molar refractivity (Wildman–Crippen MR) is 166 cm³/mol. The fourth-order valence-corrected chi connectivity index (χ4v) is 4.89. The molecular formula is C32H53N5O6. The molecule has 0 bridgehead atoms. The normalized spacial score (nSPS) is 16.9. The van der Waals surface area contributed by atoms with E-state index in [1.165, 1.54) is 0 Å². The van der Waals surface area contributed by atoms with E-state index in [4.69, 9.17) is 4.74 Å². The van der Waals surface area contributed by atoms with E-state index in [2.05, 4.69) is 21.3 Å². The highest BCUT2D eigenvalue weighted by molar-refractivity contribution is 5.93. The summed E-state index contributed by atoms with van der Waals surface area (Å²) >= 11 is 0. The number of rotatable bonds is 16. The fourth-order valence-electron chi connectivity index (χ4n) is 4.89. The van der Waals surface area contributed by atoms with Gasteiger partial charge < -0.3 is 31.1 Å². The number of amides is 4. The number of ether oxygens (including phenoxy) is 1. The van der Waals surface area contributed by atoms with Crippen molar-refractivity contribution < 1.29 is 29.0 Å². The topological polar surface area (TPSA) is 149 Å². The molecule has 1 aliphatic heterocycles. The van der Waals surface area contributed by atoms with Crippen LogP contribution in [0.3, 0.4) is 0 Å². The lowest BCUT2D eigenvalue weighted by atomic mass is 9.85. The molecule has 11 nitrogen and oxygen atoms in total. The van der Waals surface area contributed by atoms with E-state index in [-0.39, 0.29) is 24.9 Å². The zero-order chi connectivity index (χ0) is 32.0. The van der Waals surface area contributed by atoms with Gasteiger partial charge in [0.05, 0.1) is 25.8 Å². The number of carbonyl (C=O) groups excluding carboxylic acids is 4. The van der Waals surface area contributed by atoms with Crippen LogP contribution in [0.1, 0.15) is 72.8 Å². The highest BCUT2D eigenvalue weighted by atomic mass is 16.5. The van der Waals surface area contributed by atoms with Crippen molar-refractivity contribution in [3.05, 3.63) is 35.9 Å². The smallest absolute Gasteiger partial charge is 0.251 e. The summed E-state index contributed by atoms with van der Waals surface area (Å²) in [6.07, 6.45) is 0.779. The second kappa shape index (κ2) is 17.9. The van der Waals surface area contributed by atoms with E-state index in [1.807, 2.05) is 76.8 Å². The van der Waals surface area contributed by atoms with Crippen LogP contribution in [0.5, 0.6) is 0 Å². The number of morpholine rings is 1. The van der Waals surface area contributed by atoms with Gasteiger partial charge in [-0.1, -0.05) is 84.7 Å². The van der Waals surface area contributed by atoms with Gasteiger partial charge in [0, 0.05) is 19.6 Å². The Labute approximate surface area is 256 Å². The molecule has 4 amide bonds. The molecule has 11 heteroatoms. The van der Waals surface area contributed by atoms with E-state index in [1.54, 1.807) is 0 Å². The fraction of sp³-hybridized carbons (Fsp3) is 0.688. The first kappa shape index (κ1) is 36.2. The molecular weight excluding hydrogens is 550 g/mol. The first-order valence-electron chi connectivity index (χ1n) is 15.5. The van der Waals surface area contributed by atoms with Gasteiger partial charge in [0.2, 0.25) is 17.7 Å². The number of carbonyl (C=O) groups is 4. The Bertz CT molecular complexity index is 1020. The van der Waals surface area contributed by atoms with Crippen molar-refractivity contribution >= 4 is 23.6 Å². The van der Waals surface area contributed by atoms with E-state index >= 15 is 0 Å². The summed E-state index contributed by atoms with van der Waals surface area (Å²) < 4.78 is 5.35. The standard InChI is InChI=1S/C32H53N5O6/c1-7-8-14-24(27(39)30(41)33-20-23-12-10-9-11-13-23)34-29(40)25(19-22(2)3)35-31(42)28(32(4,5)6)36-26(38)21-37-15-17-43-18-16-37/h9-13,22,24-25,27-28,39H,7-8,14-21H2,1-6H3,(H,33,41)(H,34,40)(H,35,42)(H,36,38)/t24?,25-,27-,28+/m0/s1. The number of nitrogens with zero attached hydrogens (tertiary/aromatic N) is 1. The second-order valence-corrected chi connectivity index (χ2v) is 12.9. The van der Waals surface area contributed by atoms with E-state index < -0.39 is 47.4 Å². The third-order valence-corrected chi connectivity index (χ3v) is 7.40.